The third-order valence-corrected chi connectivity index (χ3v) is 4.36. The lowest BCUT2D eigenvalue weighted by Gasteiger charge is -2.23. The van der Waals surface area contributed by atoms with Gasteiger partial charge in [0, 0.05) is 11.6 Å². The second-order valence-corrected chi connectivity index (χ2v) is 5.77. The van der Waals surface area contributed by atoms with Gasteiger partial charge in [-0.1, -0.05) is 37.8 Å². The van der Waals surface area contributed by atoms with Crippen molar-refractivity contribution in [2.45, 2.75) is 44.6 Å². The van der Waals surface area contributed by atoms with Gasteiger partial charge in [0.1, 0.15) is 5.82 Å². The van der Waals surface area contributed by atoms with Crippen LogP contribution in [0.5, 0.6) is 0 Å². The Morgan fingerprint density at radius 3 is 2.47 bits per heavy atom. The van der Waals surface area contributed by atoms with Crippen LogP contribution in [0.25, 0.3) is 0 Å². The van der Waals surface area contributed by atoms with E-state index in [1.165, 1.54) is 25.7 Å². The zero-order valence-electron chi connectivity index (χ0n) is 9.96. The minimum atomic E-state index is -0.191. The first-order valence-electron chi connectivity index (χ1n) is 6.39. The van der Waals surface area contributed by atoms with Crippen LogP contribution in [0.1, 0.15) is 50.1 Å². The molecule has 94 valence electrons. The highest BCUT2D eigenvalue weighted by Crippen LogP contribution is 2.34. The van der Waals surface area contributed by atoms with E-state index < -0.39 is 0 Å². The molecule has 3 heteroatoms. The highest BCUT2D eigenvalue weighted by atomic mass is 79.9. The Labute approximate surface area is 111 Å². The van der Waals surface area contributed by atoms with Gasteiger partial charge in [0.2, 0.25) is 0 Å². The number of benzene rings is 1. The van der Waals surface area contributed by atoms with Gasteiger partial charge >= 0.3 is 0 Å². The molecule has 0 aliphatic heterocycles. The van der Waals surface area contributed by atoms with Crippen LogP contribution in [0.15, 0.2) is 22.7 Å². The average molecular weight is 300 g/mol. The van der Waals surface area contributed by atoms with Crippen LogP contribution >= 0.6 is 15.9 Å². The summed E-state index contributed by atoms with van der Waals surface area (Å²) in [5.41, 5.74) is 6.91. The van der Waals surface area contributed by atoms with Gasteiger partial charge in [0.15, 0.2) is 0 Å². The minimum absolute atomic E-state index is 0.161. The van der Waals surface area contributed by atoms with Gasteiger partial charge in [0.05, 0.1) is 4.47 Å². The summed E-state index contributed by atoms with van der Waals surface area (Å²) in [7, 11) is 0. The number of rotatable bonds is 2. The van der Waals surface area contributed by atoms with E-state index in [0.29, 0.717) is 16.0 Å². The first-order valence-corrected chi connectivity index (χ1v) is 7.19. The lowest BCUT2D eigenvalue weighted by atomic mass is 9.87. The molecular formula is C14H19BrFN. The molecule has 0 heterocycles. The largest absolute Gasteiger partial charge is 0.324 e. The molecule has 1 aliphatic carbocycles. The van der Waals surface area contributed by atoms with Crippen LogP contribution in [-0.4, -0.2) is 0 Å². The summed E-state index contributed by atoms with van der Waals surface area (Å²) in [5, 5.41) is 0. The molecule has 2 N–H and O–H groups in total. The Balaban J connectivity index is 2.17. The molecule has 1 aliphatic rings. The molecule has 0 radical (unpaired) electrons. The Bertz CT molecular complexity index is 372. The standard InChI is InChI=1S/C14H19BrFN/c15-12-9-5-8-11(13(12)16)14(17)10-6-3-1-2-4-7-10/h5,8-10,14H,1-4,6-7,17H2. The Morgan fingerprint density at radius 1 is 1.18 bits per heavy atom. The molecule has 0 spiro atoms. The molecule has 0 saturated heterocycles. The molecule has 1 saturated carbocycles. The van der Waals surface area contributed by atoms with E-state index >= 15 is 0 Å². The van der Waals surface area contributed by atoms with Crippen molar-refractivity contribution >= 4 is 15.9 Å². The fraction of sp³-hybridized carbons (Fsp3) is 0.571. The van der Waals surface area contributed by atoms with Gasteiger partial charge in [-0.15, -0.1) is 0 Å². The lowest BCUT2D eigenvalue weighted by molar-refractivity contribution is 0.373. The summed E-state index contributed by atoms with van der Waals surface area (Å²) in [6.07, 6.45) is 7.32. The zero-order chi connectivity index (χ0) is 12.3. The van der Waals surface area contributed by atoms with E-state index in [-0.39, 0.29) is 11.9 Å². The first-order chi connectivity index (χ1) is 8.20. The Morgan fingerprint density at radius 2 is 1.82 bits per heavy atom. The maximum Gasteiger partial charge on any atom is 0.142 e. The fourth-order valence-corrected chi connectivity index (χ4v) is 3.08. The van der Waals surface area contributed by atoms with Crippen molar-refractivity contribution in [2.75, 3.05) is 0 Å². The molecule has 2 rings (SSSR count). The van der Waals surface area contributed by atoms with E-state index in [1.807, 2.05) is 12.1 Å². The summed E-state index contributed by atoms with van der Waals surface area (Å²) < 4.78 is 14.5. The second-order valence-electron chi connectivity index (χ2n) is 4.92. The normalized spacial score (nSPS) is 19.9. The minimum Gasteiger partial charge on any atom is -0.324 e. The molecule has 1 atom stereocenters. The van der Waals surface area contributed by atoms with Gasteiger partial charge in [-0.3, -0.25) is 0 Å². The zero-order valence-corrected chi connectivity index (χ0v) is 11.5. The molecule has 1 unspecified atom stereocenters. The fourth-order valence-electron chi connectivity index (χ4n) is 2.70. The quantitative estimate of drug-likeness (QED) is 0.796. The summed E-state index contributed by atoms with van der Waals surface area (Å²) in [6.45, 7) is 0. The Hall–Kier alpha value is -0.410. The van der Waals surface area contributed by atoms with Crippen molar-refractivity contribution in [3.8, 4) is 0 Å². The summed E-state index contributed by atoms with van der Waals surface area (Å²) in [4.78, 5) is 0. The van der Waals surface area contributed by atoms with Crippen LogP contribution in [0, 0.1) is 11.7 Å². The SMILES string of the molecule is NC(c1cccc(Br)c1F)C1CCCCCC1. The van der Waals surface area contributed by atoms with Crippen LogP contribution in [0.4, 0.5) is 4.39 Å². The van der Waals surface area contributed by atoms with Crippen LogP contribution in [-0.2, 0) is 0 Å². The first kappa shape index (κ1) is 13.0. The van der Waals surface area contributed by atoms with Crippen molar-refractivity contribution in [2.24, 2.45) is 11.7 Å². The average Bonchev–Trinajstić information content (AvgIpc) is 2.60. The lowest BCUT2D eigenvalue weighted by Crippen LogP contribution is -2.22. The maximum atomic E-state index is 14.0. The summed E-state index contributed by atoms with van der Waals surface area (Å²) in [6, 6.07) is 5.23. The second kappa shape index (κ2) is 5.96. The van der Waals surface area contributed by atoms with Crippen molar-refractivity contribution < 1.29 is 4.39 Å². The van der Waals surface area contributed by atoms with E-state index in [9.17, 15) is 4.39 Å². The predicted octanol–water partition coefficient (Wildman–Crippen LogP) is 4.56. The van der Waals surface area contributed by atoms with E-state index in [2.05, 4.69) is 15.9 Å². The number of hydrogen-bond acceptors (Lipinski definition) is 1. The molecule has 17 heavy (non-hydrogen) atoms. The molecule has 1 aromatic rings. The number of hydrogen-bond donors (Lipinski definition) is 1. The van der Waals surface area contributed by atoms with Gasteiger partial charge in [-0.25, -0.2) is 4.39 Å². The van der Waals surface area contributed by atoms with Crippen molar-refractivity contribution in [3.05, 3.63) is 34.1 Å². The summed E-state index contributed by atoms with van der Waals surface area (Å²) in [5.74, 6) is 0.241. The van der Waals surface area contributed by atoms with E-state index in [0.717, 1.165) is 12.8 Å². The smallest absolute Gasteiger partial charge is 0.142 e. The monoisotopic (exact) mass is 299 g/mol. The van der Waals surface area contributed by atoms with Gasteiger partial charge < -0.3 is 5.73 Å². The third-order valence-electron chi connectivity index (χ3n) is 3.75. The highest BCUT2D eigenvalue weighted by Gasteiger charge is 2.23. The molecule has 1 fully saturated rings. The number of halogens is 2. The van der Waals surface area contributed by atoms with E-state index in [1.54, 1.807) is 6.07 Å². The van der Waals surface area contributed by atoms with Crippen molar-refractivity contribution in [1.82, 2.24) is 0 Å². The topological polar surface area (TPSA) is 26.0 Å². The van der Waals surface area contributed by atoms with Gasteiger partial charge in [0.25, 0.3) is 0 Å². The molecule has 1 nitrogen and oxygen atoms in total. The van der Waals surface area contributed by atoms with Crippen LogP contribution in [0.2, 0.25) is 0 Å². The highest BCUT2D eigenvalue weighted by molar-refractivity contribution is 9.10. The van der Waals surface area contributed by atoms with Crippen molar-refractivity contribution in [3.63, 3.8) is 0 Å². The van der Waals surface area contributed by atoms with Crippen LogP contribution < -0.4 is 5.73 Å². The van der Waals surface area contributed by atoms with Crippen molar-refractivity contribution in [1.29, 1.82) is 0 Å². The maximum absolute atomic E-state index is 14.0. The molecular weight excluding hydrogens is 281 g/mol. The van der Waals surface area contributed by atoms with Crippen LogP contribution in [0.3, 0.4) is 0 Å². The molecule has 1 aromatic carbocycles. The van der Waals surface area contributed by atoms with Gasteiger partial charge in [-0.2, -0.15) is 0 Å². The number of nitrogens with two attached hydrogens (primary N) is 1. The Kier molecular flexibility index (Phi) is 4.57. The third kappa shape index (κ3) is 3.08. The summed E-state index contributed by atoms with van der Waals surface area (Å²) >= 11 is 3.22. The molecule has 0 bridgehead atoms. The molecule has 0 aromatic heterocycles. The van der Waals surface area contributed by atoms with Gasteiger partial charge in [-0.05, 0) is 40.8 Å². The predicted molar refractivity (Wildman–Crippen MR) is 72.2 cm³/mol. The van der Waals surface area contributed by atoms with E-state index in [4.69, 9.17) is 5.73 Å². The molecule has 0 amide bonds.